The fourth-order valence-corrected chi connectivity index (χ4v) is 1.93. The number of carbonyl (C=O) groups excluding carboxylic acids is 2. The number of carbonyl (C=O) groups is 2. The van der Waals surface area contributed by atoms with Crippen LogP contribution < -0.4 is 10.6 Å². The van der Waals surface area contributed by atoms with Crippen molar-refractivity contribution in [2.75, 3.05) is 18.5 Å². The summed E-state index contributed by atoms with van der Waals surface area (Å²) in [5, 5.41) is 5.56. The molecule has 0 saturated heterocycles. The molecule has 21 heavy (non-hydrogen) atoms. The number of urea groups is 1. The third-order valence-corrected chi connectivity index (χ3v) is 3.24. The molecule has 116 valence electrons. The Morgan fingerprint density at radius 1 is 1.10 bits per heavy atom. The van der Waals surface area contributed by atoms with Crippen molar-refractivity contribution in [3.63, 3.8) is 0 Å². The molecule has 0 aliphatic carbocycles. The monoisotopic (exact) mass is 292 g/mol. The van der Waals surface area contributed by atoms with Crippen molar-refractivity contribution < 1.29 is 14.3 Å². The molecule has 2 amide bonds. The van der Waals surface area contributed by atoms with Gasteiger partial charge in [0, 0.05) is 18.7 Å². The second-order valence-corrected chi connectivity index (χ2v) is 5.04. The maximum atomic E-state index is 11.8. The van der Waals surface area contributed by atoms with Gasteiger partial charge in [0.15, 0.2) is 0 Å². The van der Waals surface area contributed by atoms with E-state index in [1.54, 1.807) is 6.92 Å². The van der Waals surface area contributed by atoms with E-state index in [2.05, 4.69) is 10.6 Å². The van der Waals surface area contributed by atoms with Gasteiger partial charge in [-0.25, -0.2) is 4.79 Å². The fraction of sp³-hybridized carbons (Fsp3) is 0.500. The molecule has 0 aromatic heterocycles. The van der Waals surface area contributed by atoms with Gasteiger partial charge in [-0.05, 0) is 56.9 Å². The molecule has 0 atom stereocenters. The number of hydrogen-bond acceptors (Lipinski definition) is 3. The molecule has 0 aliphatic rings. The highest BCUT2D eigenvalue weighted by atomic mass is 16.5. The second kappa shape index (κ2) is 8.29. The molecule has 1 aromatic rings. The molecule has 0 heterocycles. The molecule has 0 bridgehead atoms. The van der Waals surface area contributed by atoms with Gasteiger partial charge in [-0.15, -0.1) is 0 Å². The van der Waals surface area contributed by atoms with Crippen molar-refractivity contribution in [1.82, 2.24) is 5.32 Å². The number of aryl methyl sites for hydroxylation is 3. The molecule has 5 nitrogen and oxygen atoms in total. The van der Waals surface area contributed by atoms with Crippen LogP contribution in [0.5, 0.6) is 0 Å². The molecule has 0 radical (unpaired) electrons. The van der Waals surface area contributed by atoms with Crippen LogP contribution in [0.2, 0.25) is 0 Å². The van der Waals surface area contributed by atoms with Gasteiger partial charge in [0.25, 0.3) is 0 Å². The van der Waals surface area contributed by atoms with Crippen molar-refractivity contribution in [3.05, 3.63) is 28.8 Å². The maximum absolute atomic E-state index is 11.8. The summed E-state index contributed by atoms with van der Waals surface area (Å²) in [4.78, 5) is 22.9. The Bertz CT molecular complexity index is 512. The van der Waals surface area contributed by atoms with Gasteiger partial charge in [-0.3, -0.25) is 4.79 Å². The summed E-state index contributed by atoms with van der Waals surface area (Å²) in [6, 6.07) is 3.75. The van der Waals surface area contributed by atoms with Crippen LogP contribution in [-0.4, -0.2) is 25.2 Å². The molecule has 0 aliphatic heterocycles. The van der Waals surface area contributed by atoms with Crippen LogP contribution >= 0.6 is 0 Å². The molecule has 0 spiro atoms. The van der Waals surface area contributed by atoms with E-state index in [9.17, 15) is 9.59 Å². The molecule has 1 aromatic carbocycles. The van der Waals surface area contributed by atoms with E-state index in [1.165, 1.54) is 5.56 Å². The second-order valence-electron chi connectivity index (χ2n) is 5.04. The van der Waals surface area contributed by atoms with Crippen LogP contribution in [-0.2, 0) is 9.53 Å². The van der Waals surface area contributed by atoms with Gasteiger partial charge in [0.1, 0.15) is 0 Å². The fourth-order valence-electron chi connectivity index (χ4n) is 1.93. The largest absolute Gasteiger partial charge is 0.466 e. The number of amides is 2. The van der Waals surface area contributed by atoms with Crippen LogP contribution in [0.15, 0.2) is 12.1 Å². The average molecular weight is 292 g/mol. The van der Waals surface area contributed by atoms with Crippen molar-refractivity contribution in [2.45, 2.75) is 40.5 Å². The van der Waals surface area contributed by atoms with E-state index in [0.717, 1.165) is 16.8 Å². The summed E-state index contributed by atoms with van der Waals surface area (Å²) >= 11 is 0. The summed E-state index contributed by atoms with van der Waals surface area (Å²) in [7, 11) is 0. The van der Waals surface area contributed by atoms with Crippen molar-refractivity contribution in [3.8, 4) is 0 Å². The minimum absolute atomic E-state index is 0.232. The van der Waals surface area contributed by atoms with Gasteiger partial charge in [-0.2, -0.15) is 0 Å². The number of nitrogens with one attached hydrogen (secondary N) is 2. The molecule has 0 fully saturated rings. The van der Waals surface area contributed by atoms with Gasteiger partial charge < -0.3 is 15.4 Å². The summed E-state index contributed by atoms with van der Waals surface area (Å²) < 4.78 is 4.82. The number of esters is 1. The molecule has 0 unspecified atom stereocenters. The highest BCUT2D eigenvalue weighted by Gasteiger charge is 2.07. The normalized spacial score (nSPS) is 10.1. The van der Waals surface area contributed by atoms with Gasteiger partial charge in [0.05, 0.1) is 6.61 Å². The lowest BCUT2D eigenvalue weighted by Gasteiger charge is -2.12. The first kappa shape index (κ1) is 17.0. The smallest absolute Gasteiger partial charge is 0.319 e. The predicted molar refractivity (Wildman–Crippen MR) is 83.5 cm³/mol. The number of rotatable bonds is 6. The number of benzene rings is 1. The first-order valence-electron chi connectivity index (χ1n) is 7.22. The molecule has 5 heteroatoms. The third kappa shape index (κ3) is 5.85. The zero-order chi connectivity index (χ0) is 15.8. The number of ether oxygens (including phenoxy) is 1. The Hall–Kier alpha value is -2.04. The standard InChI is InChI=1S/C16H24N2O3/c1-5-21-15(19)7-6-8-17-16(20)18-14-10-12(3)11(2)9-13(14)4/h9-10H,5-8H2,1-4H3,(H2,17,18,20). The predicted octanol–water partition coefficient (Wildman–Crippen LogP) is 3.08. The topological polar surface area (TPSA) is 67.4 Å². The molecular formula is C16H24N2O3. The van der Waals surface area contributed by atoms with Crippen LogP contribution in [0, 0.1) is 20.8 Å². The first-order chi connectivity index (χ1) is 9.93. The Morgan fingerprint density at radius 2 is 1.76 bits per heavy atom. The Balaban J connectivity index is 2.37. The average Bonchev–Trinajstić information content (AvgIpc) is 2.41. The quantitative estimate of drug-likeness (QED) is 0.625. The highest BCUT2D eigenvalue weighted by molar-refractivity contribution is 5.90. The van der Waals surface area contributed by atoms with Crippen molar-refractivity contribution in [1.29, 1.82) is 0 Å². The van der Waals surface area contributed by atoms with Crippen LogP contribution in [0.4, 0.5) is 10.5 Å². The van der Waals surface area contributed by atoms with Crippen molar-refractivity contribution in [2.24, 2.45) is 0 Å². The van der Waals surface area contributed by atoms with E-state index >= 15 is 0 Å². The minimum Gasteiger partial charge on any atom is -0.466 e. The van der Waals surface area contributed by atoms with E-state index in [4.69, 9.17) is 4.74 Å². The van der Waals surface area contributed by atoms with Crippen LogP contribution in [0.1, 0.15) is 36.5 Å². The van der Waals surface area contributed by atoms with Gasteiger partial charge in [-0.1, -0.05) is 6.07 Å². The summed E-state index contributed by atoms with van der Waals surface area (Å²) in [5.74, 6) is -0.232. The number of anilines is 1. The highest BCUT2D eigenvalue weighted by Crippen LogP contribution is 2.19. The van der Waals surface area contributed by atoms with E-state index < -0.39 is 0 Å². The van der Waals surface area contributed by atoms with E-state index in [0.29, 0.717) is 26.0 Å². The molecule has 0 saturated carbocycles. The Labute approximate surface area is 126 Å². The molecule has 2 N–H and O–H groups in total. The molecule has 1 rings (SSSR count). The molecular weight excluding hydrogens is 268 g/mol. The summed E-state index contributed by atoms with van der Waals surface area (Å²) in [6.45, 7) is 8.62. The lowest BCUT2D eigenvalue weighted by Crippen LogP contribution is -2.30. The zero-order valence-electron chi connectivity index (χ0n) is 13.2. The van der Waals surface area contributed by atoms with Crippen molar-refractivity contribution >= 4 is 17.7 Å². The van der Waals surface area contributed by atoms with E-state index in [1.807, 2.05) is 32.9 Å². The van der Waals surface area contributed by atoms with E-state index in [-0.39, 0.29) is 12.0 Å². The zero-order valence-corrected chi connectivity index (χ0v) is 13.2. The Morgan fingerprint density at radius 3 is 2.43 bits per heavy atom. The van der Waals surface area contributed by atoms with Gasteiger partial charge in [0.2, 0.25) is 0 Å². The van der Waals surface area contributed by atoms with Crippen LogP contribution in [0.25, 0.3) is 0 Å². The lowest BCUT2D eigenvalue weighted by atomic mass is 10.1. The van der Waals surface area contributed by atoms with Crippen LogP contribution in [0.3, 0.4) is 0 Å². The summed E-state index contributed by atoms with van der Waals surface area (Å²) in [5.41, 5.74) is 4.17. The summed E-state index contributed by atoms with van der Waals surface area (Å²) in [6.07, 6.45) is 0.884. The third-order valence-electron chi connectivity index (χ3n) is 3.24. The first-order valence-corrected chi connectivity index (χ1v) is 7.22. The van der Waals surface area contributed by atoms with Gasteiger partial charge >= 0.3 is 12.0 Å². The maximum Gasteiger partial charge on any atom is 0.319 e. The minimum atomic E-state index is -0.259. The Kier molecular flexibility index (Phi) is 6.72. The number of hydrogen-bond donors (Lipinski definition) is 2. The SMILES string of the molecule is CCOC(=O)CCCNC(=O)Nc1cc(C)c(C)cc1C. The lowest BCUT2D eigenvalue weighted by molar-refractivity contribution is -0.143.